The molecule has 2 rings (SSSR count). The first-order chi connectivity index (χ1) is 9.86. The van der Waals surface area contributed by atoms with Crippen molar-refractivity contribution >= 4 is 11.4 Å². The third-order valence-electron chi connectivity index (χ3n) is 3.67. The number of rotatable bonds is 6. The molecule has 0 radical (unpaired) electrons. The molecule has 4 heteroatoms. The Morgan fingerprint density at radius 3 is 2.95 bits per heavy atom. The summed E-state index contributed by atoms with van der Waals surface area (Å²) in [5.41, 5.74) is 2.98. The van der Waals surface area contributed by atoms with Gasteiger partial charge in [0.05, 0.1) is 12.3 Å². The van der Waals surface area contributed by atoms with E-state index in [1.165, 1.54) is 6.42 Å². The maximum absolute atomic E-state index is 9.17. The lowest BCUT2D eigenvalue weighted by atomic mass is 10.1. The topological polar surface area (TPSA) is 45.1 Å². The lowest BCUT2D eigenvalue weighted by Crippen LogP contribution is -2.28. The molecule has 0 spiro atoms. The van der Waals surface area contributed by atoms with Gasteiger partial charge in [0.15, 0.2) is 0 Å². The van der Waals surface area contributed by atoms with E-state index in [0.29, 0.717) is 0 Å². The molecule has 0 saturated heterocycles. The minimum Gasteiger partial charge on any atom is -0.411 e. The lowest BCUT2D eigenvalue weighted by molar-refractivity contribution is 0.137. The number of para-hydroxylation sites is 1. The van der Waals surface area contributed by atoms with E-state index in [1.807, 2.05) is 18.2 Å². The molecule has 0 amide bonds. The Labute approximate surface area is 121 Å². The molecule has 4 nitrogen and oxygen atoms in total. The Kier molecular flexibility index (Phi) is 5.87. The van der Waals surface area contributed by atoms with Gasteiger partial charge in [-0.1, -0.05) is 36.7 Å². The number of oxime groups is 1. The number of hydrogen-bond acceptors (Lipinski definition) is 4. The molecule has 20 heavy (non-hydrogen) atoms. The zero-order valence-electron chi connectivity index (χ0n) is 12.2. The number of ether oxygens (including phenoxy) is 1. The molecule has 0 fully saturated rings. The summed E-state index contributed by atoms with van der Waals surface area (Å²) in [4.78, 5) is 2.33. The summed E-state index contributed by atoms with van der Waals surface area (Å²) in [6.07, 6.45) is 4.12. The van der Waals surface area contributed by atoms with E-state index < -0.39 is 0 Å². The Bertz CT molecular complexity index is 446. The van der Waals surface area contributed by atoms with Gasteiger partial charge in [0.2, 0.25) is 0 Å². The zero-order valence-corrected chi connectivity index (χ0v) is 12.2. The van der Waals surface area contributed by atoms with Gasteiger partial charge < -0.3 is 14.8 Å². The molecule has 1 N–H and O–H groups in total. The summed E-state index contributed by atoms with van der Waals surface area (Å²) >= 11 is 0. The number of fused-ring (bicyclic) bond motifs is 1. The molecule has 1 aliphatic rings. The van der Waals surface area contributed by atoms with Crippen LogP contribution in [0.1, 0.15) is 38.2 Å². The van der Waals surface area contributed by atoms with Gasteiger partial charge in [-0.3, -0.25) is 0 Å². The van der Waals surface area contributed by atoms with Gasteiger partial charge in [0.25, 0.3) is 0 Å². The second-order valence-corrected chi connectivity index (χ2v) is 5.12. The smallest absolute Gasteiger partial charge is 0.0889 e. The highest BCUT2D eigenvalue weighted by Crippen LogP contribution is 2.26. The summed E-state index contributed by atoms with van der Waals surface area (Å²) in [6.45, 7) is 5.63. The van der Waals surface area contributed by atoms with Gasteiger partial charge in [-0.2, -0.15) is 0 Å². The summed E-state index contributed by atoms with van der Waals surface area (Å²) < 4.78 is 5.66. The van der Waals surface area contributed by atoms with Crippen LogP contribution in [-0.4, -0.2) is 37.2 Å². The van der Waals surface area contributed by atoms with Crippen LogP contribution < -0.4 is 4.90 Å². The van der Waals surface area contributed by atoms with Crippen molar-refractivity contribution in [3.8, 4) is 0 Å². The predicted molar refractivity (Wildman–Crippen MR) is 81.9 cm³/mol. The summed E-state index contributed by atoms with van der Waals surface area (Å²) in [5.74, 6) is 0. The van der Waals surface area contributed by atoms with Crippen LogP contribution in [0.15, 0.2) is 29.4 Å². The van der Waals surface area contributed by atoms with Crippen LogP contribution in [0.5, 0.6) is 0 Å². The maximum Gasteiger partial charge on any atom is 0.0889 e. The first-order valence-corrected chi connectivity index (χ1v) is 7.50. The predicted octanol–water partition coefficient (Wildman–Crippen LogP) is 3.28. The van der Waals surface area contributed by atoms with Gasteiger partial charge in [0, 0.05) is 30.9 Å². The Balaban J connectivity index is 2.02. The fourth-order valence-corrected chi connectivity index (χ4v) is 2.55. The SMILES string of the molecule is CCCCOCCN1CCC/C(=N/O)c2ccccc21. The highest BCUT2D eigenvalue weighted by Gasteiger charge is 2.19. The first-order valence-electron chi connectivity index (χ1n) is 7.50. The Morgan fingerprint density at radius 1 is 1.30 bits per heavy atom. The van der Waals surface area contributed by atoms with Crippen LogP contribution in [0.25, 0.3) is 0 Å². The third-order valence-corrected chi connectivity index (χ3v) is 3.67. The number of unbranched alkanes of at least 4 members (excludes halogenated alkanes) is 1. The average Bonchev–Trinajstić information content (AvgIpc) is 2.66. The molecule has 1 aromatic carbocycles. The summed E-state index contributed by atoms with van der Waals surface area (Å²) in [6, 6.07) is 8.15. The van der Waals surface area contributed by atoms with Crippen LogP contribution in [-0.2, 0) is 4.74 Å². The molecular formula is C16H24N2O2. The van der Waals surface area contributed by atoms with Crippen LogP contribution in [0.4, 0.5) is 5.69 Å². The molecule has 0 unspecified atom stereocenters. The van der Waals surface area contributed by atoms with Gasteiger partial charge in [-0.05, 0) is 25.3 Å². The van der Waals surface area contributed by atoms with E-state index in [0.717, 1.165) is 62.5 Å². The Morgan fingerprint density at radius 2 is 2.15 bits per heavy atom. The minimum atomic E-state index is 0.750. The highest BCUT2D eigenvalue weighted by atomic mass is 16.5. The van der Waals surface area contributed by atoms with Crippen molar-refractivity contribution in [2.24, 2.45) is 5.16 Å². The van der Waals surface area contributed by atoms with Crippen LogP contribution >= 0.6 is 0 Å². The van der Waals surface area contributed by atoms with E-state index in [9.17, 15) is 0 Å². The van der Waals surface area contributed by atoms with Crippen LogP contribution in [0.2, 0.25) is 0 Å². The second kappa shape index (κ2) is 7.90. The molecule has 0 bridgehead atoms. The van der Waals surface area contributed by atoms with Crippen LogP contribution in [0, 0.1) is 0 Å². The molecule has 0 aromatic heterocycles. The van der Waals surface area contributed by atoms with Gasteiger partial charge in [0.1, 0.15) is 0 Å². The quantitative estimate of drug-likeness (QED) is 0.492. The summed E-state index contributed by atoms with van der Waals surface area (Å²) in [7, 11) is 0. The molecule has 0 atom stereocenters. The average molecular weight is 276 g/mol. The van der Waals surface area contributed by atoms with E-state index in [-0.39, 0.29) is 0 Å². The molecule has 1 heterocycles. The van der Waals surface area contributed by atoms with E-state index >= 15 is 0 Å². The van der Waals surface area contributed by atoms with Crippen molar-refractivity contribution in [1.29, 1.82) is 0 Å². The molecule has 1 aromatic rings. The van der Waals surface area contributed by atoms with Crippen molar-refractivity contribution < 1.29 is 9.94 Å². The lowest BCUT2D eigenvalue weighted by Gasteiger charge is -2.24. The van der Waals surface area contributed by atoms with Crippen molar-refractivity contribution in [3.05, 3.63) is 29.8 Å². The standard InChI is InChI=1S/C16H24N2O2/c1-2-3-12-20-13-11-18-10-6-8-15(17-19)14-7-4-5-9-16(14)18/h4-5,7,9,19H,2-3,6,8,10-13H2,1H3/b17-15-. The molecule has 0 aliphatic carbocycles. The second-order valence-electron chi connectivity index (χ2n) is 5.12. The minimum absolute atomic E-state index is 0.750. The van der Waals surface area contributed by atoms with Crippen molar-refractivity contribution in [2.45, 2.75) is 32.6 Å². The largest absolute Gasteiger partial charge is 0.411 e. The number of anilines is 1. The molecular weight excluding hydrogens is 252 g/mol. The van der Waals surface area contributed by atoms with Crippen molar-refractivity contribution in [1.82, 2.24) is 0 Å². The van der Waals surface area contributed by atoms with Crippen LogP contribution in [0.3, 0.4) is 0 Å². The summed E-state index contributed by atoms with van der Waals surface area (Å²) in [5, 5.41) is 12.6. The normalized spacial score (nSPS) is 17.1. The molecule has 1 aliphatic heterocycles. The fraction of sp³-hybridized carbons (Fsp3) is 0.562. The van der Waals surface area contributed by atoms with E-state index in [4.69, 9.17) is 9.94 Å². The zero-order chi connectivity index (χ0) is 14.2. The third kappa shape index (κ3) is 3.73. The molecule has 0 saturated carbocycles. The fourth-order valence-electron chi connectivity index (χ4n) is 2.55. The maximum atomic E-state index is 9.17. The van der Waals surface area contributed by atoms with E-state index in [2.05, 4.69) is 23.0 Å². The number of hydrogen-bond donors (Lipinski definition) is 1. The monoisotopic (exact) mass is 276 g/mol. The van der Waals surface area contributed by atoms with Gasteiger partial charge >= 0.3 is 0 Å². The van der Waals surface area contributed by atoms with Crippen molar-refractivity contribution in [3.63, 3.8) is 0 Å². The molecule has 110 valence electrons. The van der Waals surface area contributed by atoms with E-state index in [1.54, 1.807) is 0 Å². The number of nitrogens with zero attached hydrogens (tertiary/aromatic N) is 2. The first kappa shape index (κ1) is 14.9. The number of benzene rings is 1. The van der Waals surface area contributed by atoms with Crippen molar-refractivity contribution in [2.75, 3.05) is 31.2 Å². The van der Waals surface area contributed by atoms with Gasteiger partial charge in [-0.25, -0.2) is 0 Å². The van der Waals surface area contributed by atoms with Gasteiger partial charge in [-0.15, -0.1) is 0 Å². The Hall–Kier alpha value is -1.55. The highest BCUT2D eigenvalue weighted by molar-refractivity contribution is 6.05.